The van der Waals surface area contributed by atoms with Gasteiger partial charge in [0.05, 0.1) is 0 Å². The maximum absolute atomic E-state index is 12.1. The van der Waals surface area contributed by atoms with E-state index in [1.807, 2.05) is 12.1 Å². The summed E-state index contributed by atoms with van der Waals surface area (Å²) in [6.07, 6.45) is 2.23. The summed E-state index contributed by atoms with van der Waals surface area (Å²) < 4.78 is 28.6. The molecule has 0 saturated carbocycles. The molecule has 1 aromatic carbocycles. The van der Waals surface area contributed by atoms with Crippen LogP contribution in [-0.4, -0.2) is 36.7 Å². The molecule has 3 nitrogen and oxygen atoms in total. The van der Waals surface area contributed by atoms with Gasteiger partial charge < -0.3 is 10.1 Å². The fourth-order valence-corrected chi connectivity index (χ4v) is 2.81. The van der Waals surface area contributed by atoms with Crippen LogP contribution in [0.2, 0.25) is 0 Å². The lowest BCUT2D eigenvalue weighted by Crippen LogP contribution is -2.55. The lowest BCUT2D eigenvalue weighted by atomic mass is 10.0. The first-order valence-corrected chi connectivity index (χ1v) is 7.63. The van der Waals surface area contributed by atoms with Gasteiger partial charge in [0.15, 0.2) is 0 Å². The first-order chi connectivity index (χ1) is 10.1. The van der Waals surface area contributed by atoms with Crippen LogP contribution in [0.25, 0.3) is 0 Å². The third kappa shape index (κ3) is 4.64. The van der Waals surface area contributed by atoms with E-state index in [4.69, 9.17) is 0 Å². The summed E-state index contributed by atoms with van der Waals surface area (Å²) in [5.41, 5.74) is 1.13. The van der Waals surface area contributed by atoms with Crippen LogP contribution in [-0.2, 0) is 6.54 Å². The second kappa shape index (κ2) is 7.71. The number of hydrogen-bond acceptors (Lipinski definition) is 3. The van der Waals surface area contributed by atoms with Crippen molar-refractivity contribution in [2.45, 2.75) is 51.9 Å². The maximum Gasteiger partial charge on any atom is 0.387 e. The number of benzene rings is 1. The number of alkyl halides is 2. The lowest BCUT2D eigenvalue weighted by molar-refractivity contribution is -0.0498. The Morgan fingerprint density at radius 3 is 2.52 bits per heavy atom. The zero-order valence-corrected chi connectivity index (χ0v) is 12.7. The van der Waals surface area contributed by atoms with E-state index in [2.05, 4.69) is 28.8 Å². The van der Waals surface area contributed by atoms with E-state index in [1.54, 1.807) is 12.1 Å². The topological polar surface area (TPSA) is 24.5 Å². The summed E-state index contributed by atoms with van der Waals surface area (Å²) in [4.78, 5) is 2.48. The maximum atomic E-state index is 12.1. The first-order valence-electron chi connectivity index (χ1n) is 7.63. The van der Waals surface area contributed by atoms with Crippen LogP contribution in [0.5, 0.6) is 5.75 Å². The van der Waals surface area contributed by atoms with Crippen molar-refractivity contribution in [3.8, 4) is 5.75 Å². The molecular formula is C16H24F2N2O. The van der Waals surface area contributed by atoms with Crippen LogP contribution in [0.3, 0.4) is 0 Å². The normalized spacial score (nSPS) is 23.5. The molecule has 0 bridgehead atoms. The van der Waals surface area contributed by atoms with Gasteiger partial charge in [0.25, 0.3) is 0 Å². The van der Waals surface area contributed by atoms with Crippen molar-refractivity contribution < 1.29 is 13.5 Å². The molecule has 1 N–H and O–H groups in total. The summed E-state index contributed by atoms with van der Waals surface area (Å²) in [7, 11) is 0. The zero-order valence-electron chi connectivity index (χ0n) is 12.7. The number of piperazine rings is 1. The molecule has 1 fully saturated rings. The van der Waals surface area contributed by atoms with Crippen LogP contribution < -0.4 is 10.1 Å². The number of halogens is 2. The highest BCUT2D eigenvalue weighted by Gasteiger charge is 2.25. The molecule has 118 valence electrons. The van der Waals surface area contributed by atoms with Crippen LogP contribution >= 0.6 is 0 Å². The number of nitrogens with one attached hydrogen (secondary N) is 1. The SMILES string of the molecule is CCC1CN(Cc2ccc(OC(F)F)cc2)C(CC)CN1. The van der Waals surface area contributed by atoms with Gasteiger partial charge in [-0.25, -0.2) is 0 Å². The van der Waals surface area contributed by atoms with Gasteiger partial charge in [-0.15, -0.1) is 0 Å². The number of ether oxygens (including phenoxy) is 1. The molecule has 1 aliphatic heterocycles. The van der Waals surface area contributed by atoms with Gasteiger partial charge in [0.1, 0.15) is 5.75 Å². The van der Waals surface area contributed by atoms with E-state index in [-0.39, 0.29) is 5.75 Å². The Labute approximate surface area is 125 Å². The number of rotatable bonds is 6. The van der Waals surface area contributed by atoms with E-state index in [9.17, 15) is 8.78 Å². The number of nitrogens with zero attached hydrogens (tertiary/aromatic N) is 1. The summed E-state index contributed by atoms with van der Waals surface area (Å²) in [6.45, 7) is 4.53. The molecule has 1 aromatic rings. The van der Waals surface area contributed by atoms with Crippen molar-refractivity contribution in [2.75, 3.05) is 13.1 Å². The molecule has 2 unspecified atom stereocenters. The predicted octanol–water partition coefficient (Wildman–Crippen LogP) is 3.25. The molecule has 2 atom stereocenters. The Morgan fingerprint density at radius 2 is 1.95 bits per heavy atom. The minimum atomic E-state index is -2.76. The van der Waals surface area contributed by atoms with Crippen molar-refractivity contribution in [3.63, 3.8) is 0 Å². The molecule has 21 heavy (non-hydrogen) atoms. The average Bonchev–Trinajstić information content (AvgIpc) is 2.48. The third-order valence-electron chi connectivity index (χ3n) is 4.11. The van der Waals surface area contributed by atoms with E-state index in [0.717, 1.165) is 38.0 Å². The Kier molecular flexibility index (Phi) is 5.94. The van der Waals surface area contributed by atoms with Crippen LogP contribution in [0, 0.1) is 0 Å². The van der Waals surface area contributed by atoms with Crippen LogP contribution in [0.15, 0.2) is 24.3 Å². The first kappa shape index (κ1) is 16.2. The van der Waals surface area contributed by atoms with Crippen LogP contribution in [0.4, 0.5) is 8.78 Å². The predicted molar refractivity (Wildman–Crippen MR) is 79.6 cm³/mol. The molecule has 0 amide bonds. The van der Waals surface area contributed by atoms with E-state index in [1.165, 1.54) is 0 Å². The van der Waals surface area contributed by atoms with Gasteiger partial charge >= 0.3 is 6.61 Å². The highest BCUT2D eigenvalue weighted by atomic mass is 19.3. The molecule has 1 saturated heterocycles. The van der Waals surface area contributed by atoms with Crippen molar-refractivity contribution in [1.29, 1.82) is 0 Å². The van der Waals surface area contributed by atoms with Crippen molar-refractivity contribution >= 4 is 0 Å². The third-order valence-corrected chi connectivity index (χ3v) is 4.11. The van der Waals surface area contributed by atoms with Gasteiger partial charge in [-0.1, -0.05) is 26.0 Å². The molecule has 2 rings (SSSR count). The standard InChI is InChI=1S/C16H24F2N2O/c1-3-13-11-20(14(4-2)9-19-13)10-12-5-7-15(8-6-12)21-16(17)18/h5-8,13-14,16,19H,3-4,9-11H2,1-2H3. The monoisotopic (exact) mass is 298 g/mol. The van der Waals surface area contributed by atoms with Gasteiger partial charge in [-0.2, -0.15) is 8.78 Å². The zero-order chi connectivity index (χ0) is 15.2. The Balaban J connectivity index is 1.98. The molecule has 0 radical (unpaired) electrons. The smallest absolute Gasteiger partial charge is 0.387 e. The van der Waals surface area contributed by atoms with Crippen molar-refractivity contribution in [3.05, 3.63) is 29.8 Å². The molecule has 0 aromatic heterocycles. The molecule has 1 aliphatic rings. The lowest BCUT2D eigenvalue weighted by Gasteiger charge is -2.40. The van der Waals surface area contributed by atoms with Crippen molar-refractivity contribution in [1.82, 2.24) is 10.2 Å². The van der Waals surface area contributed by atoms with Gasteiger partial charge in [-0.05, 0) is 30.5 Å². The average molecular weight is 298 g/mol. The summed E-state index contributed by atoms with van der Waals surface area (Å²) in [5, 5.41) is 3.57. The highest BCUT2D eigenvalue weighted by Crippen LogP contribution is 2.19. The summed E-state index contributed by atoms with van der Waals surface area (Å²) >= 11 is 0. The van der Waals surface area contributed by atoms with E-state index >= 15 is 0 Å². The minimum absolute atomic E-state index is 0.215. The summed E-state index contributed by atoms with van der Waals surface area (Å²) in [5.74, 6) is 0.215. The second-order valence-corrected chi connectivity index (χ2v) is 5.53. The van der Waals surface area contributed by atoms with Gasteiger partial charge in [0, 0.05) is 31.7 Å². The summed E-state index contributed by atoms with van der Waals surface area (Å²) in [6, 6.07) is 8.03. The van der Waals surface area contributed by atoms with E-state index in [0.29, 0.717) is 12.1 Å². The molecule has 0 aliphatic carbocycles. The number of hydrogen-bond donors (Lipinski definition) is 1. The molecule has 1 heterocycles. The van der Waals surface area contributed by atoms with Crippen LogP contribution in [0.1, 0.15) is 32.3 Å². The second-order valence-electron chi connectivity index (χ2n) is 5.53. The molecule has 5 heteroatoms. The Bertz CT molecular complexity index is 425. The molecule has 0 spiro atoms. The van der Waals surface area contributed by atoms with Gasteiger partial charge in [0.2, 0.25) is 0 Å². The molecular weight excluding hydrogens is 274 g/mol. The quantitative estimate of drug-likeness (QED) is 0.872. The Hall–Kier alpha value is -1.20. The fourth-order valence-electron chi connectivity index (χ4n) is 2.81. The Morgan fingerprint density at radius 1 is 1.24 bits per heavy atom. The van der Waals surface area contributed by atoms with Gasteiger partial charge in [-0.3, -0.25) is 4.90 Å². The fraction of sp³-hybridized carbons (Fsp3) is 0.625. The minimum Gasteiger partial charge on any atom is -0.435 e. The highest BCUT2D eigenvalue weighted by molar-refractivity contribution is 5.27. The van der Waals surface area contributed by atoms with E-state index < -0.39 is 6.61 Å². The largest absolute Gasteiger partial charge is 0.435 e. The van der Waals surface area contributed by atoms with Crippen molar-refractivity contribution in [2.24, 2.45) is 0 Å².